The van der Waals surface area contributed by atoms with Gasteiger partial charge < -0.3 is 15.4 Å². The predicted octanol–water partition coefficient (Wildman–Crippen LogP) is 1.43. The largest absolute Gasteiger partial charge is 0.481 e. The van der Waals surface area contributed by atoms with E-state index >= 15 is 0 Å². The van der Waals surface area contributed by atoms with E-state index in [2.05, 4.69) is 15.3 Å². The van der Waals surface area contributed by atoms with Crippen LogP contribution in [0, 0.1) is 0 Å². The average Bonchev–Trinajstić information content (AvgIpc) is 2.95. The maximum absolute atomic E-state index is 10.6. The van der Waals surface area contributed by atoms with Crippen LogP contribution in [-0.4, -0.2) is 27.6 Å². The van der Waals surface area contributed by atoms with Crippen LogP contribution in [0.4, 0.5) is 0 Å². The summed E-state index contributed by atoms with van der Waals surface area (Å²) < 4.78 is 0. The number of carbonyl (C=O) groups is 1. The first-order valence-corrected chi connectivity index (χ1v) is 6.53. The smallest absolute Gasteiger partial charge is 0.308 e. The SMILES string of the molecule is O=C(O)Cc1ccc(CNCCc2cnc[nH]2)s1. The lowest BCUT2D eigenvalue weighted by Crippen LogP contribution is -2.16. The zero-order valence-corrected chi connectivity index (χ0v) is 10.7. The van der Waals surface area contributed by atoms with Gasteiger partial charge in [0.05, 0.1) is 12.7 Å². The number of hydrogen-bond donors (Lipinski definition) is 3. The van der Waals surface area contributed by atoms with Crippen molar-refractivity contribution in [3.8, 4) is 0 Å². The minimum Gasteiger partial charge on any atom is -0.481 e. The molecule has 0 bridgehead atoms. The zero-order chi connectivity index (χ0) is 12.8. The van der Waals surface area contributed by atoms with E-state index in [1.165, 1.54) is 0 Å². The van der Waals surface area contributed by atoms with E-state index in [-0.39, 0.29) is 6.42 Å². The van der Waals surface area contributed by atoms with E-state index in [1.807, 2.05) is 18.3 Å². The average molecular weight is 265 g/mol. The summed E-state index contributed by atoms with van der Waals surface area (Å²) in [6.45, 7) is 1.65. The Morgan fingerprint density at radius 2 is 2.28 bits per heavy atom. The number of aromatic amines is 1. The Morgan fingerprint density at radius 1 is 1.44 bits per heavy atom. The van der Waals surface area contributed by atoms with Crippen molar-refractivity contribution in [2.24, 2.45) is 0 Å². The molecule has 2 heterocycles. The van der Waals surface area contributed by atoms with Gasteiger partial charge in [-0.1, -0.05) is 0 Å². The molecule has 2 aromatic heterocycles. The molecule has 0 aliphatic rings. The van der Waals surface area contributed by atoms with E-state index < -0.39 is 5.97 Å². The van der Waals surface area contributed by atoms with Crippen LogP contribution in [0.2, 0.25) is 0 Å². The first-order chi connectivity index (χ1) is 8.74. The highest BCUT2D eigenvalue weighted by Gasteiger charge is 2.04. The summed E-state index contributed by atoms with van der Waals surface area (Å²) in [7, 11) is 0. The molecule has 2 aromatic rings. The molecule has 0 amide bonds. The van der Waals surface area contributed by atoms with Crippen molar-refractivity contribution >= 4 is 17.3 Å². The van der Waals surface area contributed by atoms with Crippen molar-refractivity contribution in [2.45, 2.75) is 19.4 Å². The van der Waals surface area contributed by atoms with E-state index in [0.29, 0.717) is 0 Å². The van der Waals surface area contributed by atoms with Gasteiger partial charge in [0.25, 0.3) is 0 Å². The van der Waals surface area contributed by atoms with Crippen molar-refractivity contribution in [3.05, 3.63) is 40.1 Å². The molecule has 96 valence electrons. The van der Waals surface area contributed by atoms with Crippen molar-refractivity contribution in [2.75, 3.05) is 6.54 Å². The second-order valence-electron chi connectivity index (χ2n) is 3.94. The molecule has 0 fully saturated rings. The molecule has 0 aliphatic heterocycles. The van der Waals surface area contributed by atoms with Gasteiger partial charge in [0.15, 0.2) is 0 Å². The van der Waals surface area contributed by atoms with Gasteiger partial charge in [-0.25, -0.2) is 4.98 Å². The highest BCUT2D eigenvalue weighted by atomic mass is 32.1. The number of nitrogens with zero attached hydrogens (tertiary/aromatic N) is 1. The third-order valence-corrected chi connectivity index (χ3v) is 3.55. The van der Waals surface area contributed by atoms with Crippen molar-refractivity contribution in [1.82, 2.24) is 15.3 Å². The molecule has 0 aromatic carbocycles. The molecule has 0 atom stereocenters. The van der Waals surface area contributed by atoms with Crippen LogP contribution in [0.3, 0.4) is 0 Å². The molecular formula is C12H15N3O2S. The second kappa shape index (κ2) is 6.32. The van der Waals surface area contributed by atoms with Gasteiger partial charge in [0.1, 0.15) is 0 Å². The first-order valence-electron chi connectivity index (χ1n) is 5.71. The molecule has 18 heavy (non-hydrogen) atoms. The van der Waals surface area contributed by atoms with Gasteiger partial charge in [-0.2, -0.15) is 0 Å². The topological polar surface area (TPSA) is 78.0 Å². The summed E-state index contributed by atoms with van der Waals surface area (Å²) in [4.78, 5) is 19.6. The number of rotatable bonds is 7. The fraction of sp³-hybridized carbons (Fsp3) is 0.333. The van der Waals surface area contributed by atoms with Crippen LogP contribution in [0.1, 0.15) is 15.4 Å². The lowest BCUT2D eigenvalue weighted by atomic mass is 10.3. The molecule has 0 unspecified atom stereocenters. The Morgan fingerprint density at radius 3 is 3.00 bits per heavy atom. The summed E-state index contributed by atoms with van der Waals surface area (Å²) in [5, 5.41) is 12.0. The Kier molecular flexibility index (Phi) is 4.49. The minimum atomic E-state index is -0.782. The number of carboxylic acids is 1. The Labute approximate surface area is 109 Å². The van der Waals surface area contributed by atoms with Gasteiger partial charge in [0, 0.05) is 41.2 Å². The van der Waals surface area contributed by atoms with Crippen LogP contribution in [0.5, 0.6) is 0 Å². The van der Waals surface area contributed by atoms with Crippen LogP contribution in [0.25, 0.3) is 0 Å². The van der Waals surface area contributed by atoms with Crippen LogP contribution >= 0.6 is 11.3 Å². The Bertz CT molecular complexity index is 493. The summed E-state index contributed by atoms with van der Waals surface area (Å²) in [5.41, 5.74) is 1.11. The highest BCUT2D eigenvalue weighted by molar-refractivity contribution is 7.12. The zero-order valence-electron chi connectivity index (χ0n) is 9.85. The third kappa shape index (κ3) is 3.97. The fourth-order valence-electron chi connectivity index (χ4n) is 1.62. The maximum Gasteiger partial charge on any atom is 0.308 e. The molecule has 6 heteroatoms. The summed E-state index contributed by atoms with van der Waals surface area (Å²) in [6.07, 6.45) is 4.51. The number of carboxylic acid groups (broad SMARTS) is 1. The quantitative estimate of drug-likeness (QED) is 0.662. The number of H-pyrrole nitrogens is 1. The van der Waals surface area contributed by atoms with Crippen molar-refractivity contribution in [1.29, 1.82) is 0 Å². The van der Waals surface area contributed by atoms with Crippen LogP contribution in [-0.2, 0) is 24.2 Å². The van der Waals surface area contributed by atoms with Gasteiger partial charge in [-0.15, -0.1) is 11.3 Å². The van der Waals surface area contributed by atoms with Crippen molar-refractivity contribution in [3.63, 3.8) is 0 Å². The van der Waals surface area contributed by atoms with Gasteiger partial charge >= 0.3 is 5.97 Å². The Balaban J connectivity index is 1.70. The van der Waals surface area contributed by atoms with Gasteiger partial charge in [-0.3, -0.25) is 4.79 Å². The normalized spacial score (nSPS) is 10.7. The maximum atomic E-state index is 10.6. The Hall–Kier alpha value is -1.66. The number of nitrogens with one attached hydrogen (secondary N) is 2. The third-order valence-electron chi connectivity index (χ3n) is 2.47. The second-order valence-corrected chi connectivity index (χ2v) is 5.20. The number of aliphatic carboxylic acids is 1. The summed E-state index contributed by atoms with van der Waals surface area (Å²) in [6, 6.07) is 3.86. The molecular weight excluding hydrogens is 250 g/mol. The number of aromatic nitrogens is 2. The monoisotopic (exact) mass is 265 g/mol. The van der Waals surface area contributed by atoms with E-state index in [1.54, 1.807) is 17.7 Å². The molecule has 0 radical (unpaired) electrons. The molecule has 0 aliphatic carbocycles. The molecule has 0 spiro atoms. The van der Waals surface area contributed by atoms with E-state index in [9.17, 15) is 4.79 Å². The number of thiophene rings is 1. The standard InChI is InChI=1S/C12H15N3O2S/c16-12(17)5-10-1-2-11(18-10)7-13-4-3-9-6-14-8-15-9/h1-2,6,8,13H,3-5,7H2,(H,14,15)(H,16,17). The molecule has 2 rings (SSSR count). The van der Waals surface area contributed by atoms with E-state index in [4.69, 9.17) is 5.11 Å². The van der Waals surface area contributed by atoms with Gasteiger partial charge in [0.2, 0.25) is 0 Å². The van der Waals surface area contributed by atoms with Gasteiger partial charge in [-0.05, 0) is 12.1 Å². The molecule has 5 nitrogen and oxygen atoms in total. The fourth-order valence-corrected chi connectivity index (χ4v) is 2.60. The summed E-state index contributed by atoms with van der Waals surface area (Å²) in [5.74, 6) is -0.782. The number of imidazole rings is 1. The van der Waals surface area contributed by atoms with Crippen LogP contribution in [0.15, 0.2) is 24.7 Å². The summed E-state index contributed by atoms with van der Waals surface area (Å²) >= 11 is 1.55. The molecule has 0 saturated carbocycles. The van der Waals surface area contributed by atoms with Crippen molar-refractivity contribution < 1.29 is 9.90 Å². The first kappa shape index (κ1) is 12.8. The van der Waals surface area contributed by atoms with E-state index in [0.717, 1.165) is 35.0 Å². The lowest BCUT2D eigenvalue weighted by Gasteiger charge is -2.01. The number of hydrogen-bond acceptors (Lipinski definition) is 4. The molecule has 3 N–H and O–H groups in total. The molecule has 0 saturated heterocycles. The predicted molar refractivity (Wildman–Crippen MR) is 69.7 cm³/mol. The van der Waals surface area contributed by atoms with Crippen LogP contribution < -0.4 is 5.32 Å². The minimum absolute atomic E-state index is 0.110. The highest BCUT2D eigenvalue weighted by Crippen LogP contribution is 2.16. The lowest BCUT2D eigenvalue weighted by molar-refractivity contribution is -0.136.